The second-order valence-corrected chi connectivity index (χ2v) is 7.88. The van der Waals surface area contributed by atoms with Gasteiger partial charge in [0, 0.05) is 45.8 Å². The number of hydrogen-bond donors (Lipinski definition) is 1. The number of hydrogen-bond acceptors (Lipinski definition) is 4. The topological polar surface area (TPSA) is 48.7 Å². The Balaban J connectivity index is 1.62. The van der Waals surface area contributed by atoms with Crippen molar-refractivity contribution < 1.29 is 0 Å². The van der Waals surface area contributed by atoms with Crippen LogP contribution in [0.15, 0.2) is 34.2 Å². The zero-order valence-electron chi connectivity index (χ0n) is 16.9. The van der Waals surface area contributed by atoms with Gasteiger partial charge < -0.3 is 10.2 Å². The van der Waals surface area contributed by atoms with Crippen molar-refractivity contribution >= 4 is 17.3 Å². The van der Waals surface area contributed by atoms with Crippen LogP contribution in [0.5, 0.6) is 0 Å². The fourth-order valence-electron chi connectivity index (χ4n) is 3.98. The first-order valence-electron chi connectivity index (χ1n) is 9.86. The number of nitrogens with zero attached hydrogens (tertiary/aromatic N) is 5. The first kappa shape index (κ1) is 19.9. The van der Waals surface area contributed by atoms with E-state index in [0.717, 1.165) is 45.1 Å². The van der Waals surface area contributed by atoms with Gasteiger partial charge in [-0.15, -0.1) is 0 Å². The number of aryl methyl sites for hydroxylation is 1. The van der Waals surface area contributed by atoms with E-state index in [1.54, 1.807) is 11.3 Å². The molecule has 1 aliphatic rings. The molecule has 3 rings (SSSR count). The number of rotatable bonds is 7. The fourth-order valence-corrected chi connectivity index (χ4v) is 4.69. The van der Waals surface area contributed by atoms with E-state index in [1.807, 2.05) is 25.0 Å². The van der Waals surface area contributed by atoms with Crippen LogP contribution in [0, 0.1) is 0 Å². The van der Waals surface area contributed by atoms with Gasteiger partial charge in [0.1, 0.15) is 0 Å². The Kier molecular flexibility index (Phi) is 6.90. The van der Waals surface area contributed by atoms with Gasteiger partial charge in [0.05, 0.1) is 12.2 Å². The number of thiophene rings is 1. The van der Waals surface area contributed by atoms with E-state index in [-0.39, 0.29) is 0 Å². The molecule has 2 aromatic rings. The minimum Gasteiger partial charge on any atom is -0.354 e. The lowest BCUT2D eigenvalue weighted by Crippen LogP contribution is -2.44. The summed E-state index contributed by atoms with van der Waals surface area (Å²) in [4.78, 5) is 9.45. The van der Waals surface area contributed by atoms with Gasteiger partial charge in [-0.2, -0.15) is 16.4 Å². The molecule has 0 spiro atoms. The minimum atomic E-state index is 0.375. The maximum atomic E-state index is 4.56. The third-order valence-electron chi connectivity index (χ3n) is 5.53. The van der Waals surface area contributed by atoms with E-state index in [2.05, 4.69) is 62.1 Å². The smallest absolute Gasteiger partial charge is 0.193 e. The first-order valence-corrected chi connectivity index (χ1v) is 10.8. The Hall–Kier alpha value is -1.86. The molecule has 0 radical (unpaired) electrons. The van der Waals surface area contributed by atoms with Gasteiger partial charge in [-0.25, -0.2) is 0 Å². The van der Waals surface area contributed by atoms with Crippen LogP contribution in [0.2, 0.25) is 0 Å². The van der Waals surface area contributed by atoms with Gasteiger partial charge in [-0.1, -0.05) is 13.8 Å². The van der Waals surface area contributed by atoms with E-state index >= 15 is 0 Å². The highest BCUT2D eigenvalue weighted by atomic mass is 32.1. The average molecular weight is 389 g/mol. The number of likely N-dealkylation sites (tertiary alicyclic amines) is 1. The second-order valence-electron chi connectivity index (χ2n) is 7.10. The molecule has 1 N–H and O–H groups in total. The molecular formula is C20H32N6S. The number of likely N-dealkylation sites (N-methyl/N-ethyl adjacent to an activating group) is 1. The van der Waals surface area contributed by atoms with E-state index in [9.17, 15) is 0 Å². The van der Waals surface area contributed by atoms with Crippen LogP contribution in [0.4, 0.5) is 0 Å². The summed E-state index contributed by atoms with van der Waals surface area (Å²) >= 11 is 1.77. The lowest BCUT2D eigenvalue weighted by molar-refractivity contribution is 0.218. The van der Waals surface area contributed by atoms with Crippen LogP contribution in [0.3, 0.4) is 0 Å². The Morgan fingerprint density at radius 2 is 2.26 bits per heavy atom. The molecule has 2 unspecified atom stereocenters. The molecule has 0 saturated carbocycles. The predicted molar refractivity (Wildman–Crippen MR) is 113 cm³/mol. The van der Waals surface area contributed by atoms with Gasteiger partial charge in [0.15, 0.2) is 5.96 Å². The standard InChI is InChI=1S/C20H32N6S/c1-5-25(6-2)19(17-8-10-27-15-17)12-22-20(21-3)26-9-7-16(14-26)18-11-23-24(4)13-18/h8,10-11,13,15-16,19H,5-7,9,12,14H2,1-4H3,(H,21,22). The maximum Gasteiger partial charge on any atom is 0.193 e. The van der Waals surface area contributed by atoms with Gasteiger partial charge in [0.2, 0.25) is 0 Å². The molecule has 0 bridgehead atoms. The second kappa shape index (κ2) is 9.37. The van der Waals surface area contributed by atoms with Crippen LogP contribution >= 0.6 is 11.3 Å². The molecule has 6 nitrogen and oxygen atoms in total. The SMILES string of the molecule is CCN(CC)C(CNC(=NC)N1CCC(c2cnn(C)c2)C1)c1ccsc1. The predicted octanol–water partition coefficient (Wildman–Crippen LogP) is 2.93. The third kappa shape index (κ3) is 4.71. The van der Waals surface area contributed by atoms with Crippen molar-refractivity contribution in [3.05, 3.63) is 40.3 Å². The molecular weight excluding hydrogens is 356 g/mol. The average Bonchev–Trinajstić information content (AvgIpc) is 3.43. The molecule has 148 valence electrons. The summed E-state index contributed by atoms with van der Waals surface area (Å²) < 4.78 is 1.89. The highest BCUT2D eigenvalue weighted by Gasteiger charge is 2.27. The molecule has 1 saturated heterocycles. The van der Waals surface area contributed by atoms with Crippen molar-refractivity contribution in [2.75, 3.05) is 39.8 Å². The fraction of sp³-hybridized carbons (Fsp3) is 0.600. The van der Waals surface area contributed by atoms with Gasteiger partial charge in [0.25, 0.3) is 0 Å². The zero-order chi connectivity index (χ0) is 19.2. The normalized spacial score (nSPS) is 19.1. The summed E-state index contributed by atoms with van der Waals surface area (Å²) in [5.74, 6) is 1.54. The Morgan fingerprint density at radius 1 is 1.44 bits per heavy atom. The number of nitrogens with one attached hydrogen (secondary N) is 1. The molecule has 2 aromatic heterocycles. The summed E-state index contributed by atoms with van der Waals surface area (Å²) in [7, 11) is 3.87. The quantitative estimate of drug-likeness (QED) is 0.585. The van der Waals surface area contributed by atoms with Crippen molar-refractivity contribution in [1.82, 2.24) is 24.9 Å². The molecule has 27 heavy (non-hydrogen) atoms. The Bertz CT molecular complexity index is 719. The zero-order valence-corrected chi connectivity index (χ0v) is 17.7. The molecule has 3 heterocycles. The van der Waals surface area contributed by atoms with Crippen LogP contribution in [-0.4, -0.2) is 65.3 Å². The Morgan fingerprint density at radius 3 is 2.85 bits per heavy atom. The summed E-state index contributed by atoms with van der Waals surface area (Å²) in [5, 5.41) is 12.4. The van der Waals surface area contributed by atoms with E-state index in [0.29, 0.717) is 12.0 Å². The number of aromatic nitrogens is 2. The maximum absolute atomic E-state index is 4.56. The van der Waals surface area contributed by atoms with Crippen LogP contribution in [0.25, 0.3) is 0 Å². The van der Waals surface area contributed by atoms with Crippen LogP contribution in [-0.2, 0) is 7.05 Å². The first-order chi connectivity index (χ1) is 13.2. The lowest BCUT2D eigenvalue weighted by atomic mass is 10.0. The lowest BCUT2D eigenvalue weighted by Gasteiger charge is -2.31. The number of aliphatic imine (C=N–C) groups is 1. The molecule has 1 fully saturated rings. The largest absolute Gasteiger partial charge is 0.354 e. The van der Waals surface area contributed by atoms with E-state index in [4.69, 9.17) is 0 Å². The monoisotopic (exact) mass is 388 g/mol. The molecule has 2 atom stereocenters. The summed E-state index contributed by atoms with van der Waals surface area (Å²) in [5.41, 5.74) is 2.72. The Labute approximate surface area is 166 Å². The molecule has 0 amide bonds. The third-order valence-corrected chi connectivity index (χ3v) is 6.23. The molecule has 0 aliphatic carbocycles. The van der Waals surface area contributed by atoms with Gasteiger partial charge in [-0.3, -0.25) is 14.6 Å². The highest BCUT2D eigenvalue weighted by Crippen LogP contribution is 2.27. The van der Waals surface area contributed by atoms with Crippen molar-refractivity contribution in [3.8, 4) is 0 Å². The number of guanidine groups is 1. The highest BCUT2D eigenvalue weighted by molar-refractivity contribution is 7.07. The summed E-state index contributed by atoms with van der Waals surface area (Å²) in [6, 6.07) is 2.62. The van der Waals surface area contributed by atoms with E-state index in [1.165, 1.54) is 11.1 Å². The molecule has 7 heteroatoms. The van der Waals surface area contributed by atoms with Crippen molar-refractivity contribution in [1.29, 1.82) is 0 Å². The van der Waals surface area contributed by atoms with E-state index < -0.39 is 0 Å². The van der Waals surface area contributed by atoms with Crippen molar-refractivity contribution in [2.24, 2.45) is 12.0 Å². The minimum absolute atomic E-state index is 0.375. The van der Waals surface area contributed by atoms with Crippen molar-refractivity contribution in [2.45, 2.75) is 32.2 Å². The molecule has 0 aromatic carbocycles. The molecule has 1 aliphatic heterocycles. The van der Waals surface area contributed by atoms with Crippen molar-refractivity contribution in [3.63, 3.8) is 0 Å². The summed E-state index contributed by atoms with van der Waals surface area (Å²) in [6.45, 7) is 9.47. The summed E-state index contributed by atoms with van der Waals surface area (Å²) in [6.07, 6.45) is 5.28. The van der Waals surface area contributed by atoms with Gasteiger partial charge in [-0.05, 0) is 47.5 Å². The van der Waals surface area contributed by atoms with Crippen LogP contribution in [0.1, 0.15) is 43.4 Å². The van der Waals surface area contributed by atoms with Crippen LogP contribution < -0.4 is 5.32 Å². The van der Waals surface area contributed by atoms with Gasteiger partial charge >= 0.3 is 0 Å².